The summed E-state index contributed by atoms with van der Waals surface area (Å²) in [5, 5.41) is 9.78. The topological polar surface area (TPSA) is 75.1 Å². The van der Waals surface area contributed by atoms with E-state index in [1.807, 2.05) is 36.4 Å². The molecule has 2 aliphatic heterocycles. The van der Waals surface area contributed by atoms with E-state index in [9.17, 15) is 4.79 Å². The van der Waals surface area contributed by atoms with Crippen molar-refractivity contribution in [2.45, 2.75) is 25.0 Å². The Labute approximate surface area is 168 Å². The molecule has 1 aromatic carbocycles. The van der Waals surface area contributed by atoms with Gasteiger partial charge in [0.05, 0.1) is 30.1 Å². The first kappa shape index (κ1) is 18.8. The number of benzene rings is 1. The van der Waals surface area contributed by atoms with Crippen LogP contribution in [0.25, 0.3) is 0 Å². The predicted octanol–water partition coefficient (Wildman–Crippen LogP) is 3.10. The summed E-state index contributed by atoms with van der Waals surface area (Å²) in [6.45, 7) is 1.82. The fourth-order valence-corrected chi connectivity index (χ4v) is 3.66. The fourth-order valence-electron chi connectivity index (χ4n) is 3.48. The number of hydrogen-bond donors (Lipinski definition) is 1. The van der Waals surface area contributed by atoms with Gasteiger partial charge in [0.25, 0.3) is 0 Å². The van der Waals surface area contributed by atoms with Crippen LogP contribution in [0.1, 0.15) is 12.8 Å². The van der Waals surface area contributed by atoms with Crippen LogP contribution in [0.5, 0.6) is 5.75 Å². The van der Waals surface area contributed by atoms with Gasteiger partial charge in [-0.2, -0.15) is 0 Å². The molecule has 0 spiro atoms. The Morgan fingerprint density at radius 1 is 1.21 bits per heavy atom. The Hall–Kier alpha value is -2.51. The molecule has 0 bridgehead atoms. The number of piperidine rings is 1. The molecule has 1 amide bonds. The summed E-state index contributed by atoms with van der Waals surface area (Å²) in [5.41, 5.74) is 0.668. The molecule has 1 atom stereocenters. The van der Waals surface area contributed by atoms with E-state index in [0.29, 0.717) is 17.3 Å². The molecule has 7 nitrogen and oxygen atoms in total. The second-order valence-electron chi connectivity index (χ2n) is 6.91. The highest BCUT2D eigenvalue weighted by molar-refractivity contribution is 6.32. The molecule has 2 saturated heterocycles. The van der Waals surface area contributed by atoms with Crippen molar-refractivity contribution in [1.29, 1.82) is 0 Å². The van der Waals surface area contributed by atoms with Crippen molar-refractivity contribution in [1.82, 2.24) is 4.98 Å². The van der Waals surface area contributed by atoms with E-state index < -0.39 is 12.2 Å². The number of ether oxygens (including phenoxy) is 2. The number of carbonyl (C=O) groups is 1. The Morgan fingerprint density at radius 2 is 2.00 bits per heavy atom. The van der Waals surface area contributed by atoms with Crippen LogP contribution in [-0.4, -0.2) is 54.6 Å². The third-order valence-corrected chi connectivity index (χ3v) is 5.33. The molecule has 1 N–H and O–H groups in total. The van der Waals surface area contributed by atoms with Crippen LogP contribution in [0.4, 0.5) is 16.3 Å². The van der Waals surface area contributed by atoms with Crippen LogP contribution in [-0.2, 0) is 4.74 Å². The van der Waals surface area contributed by atoms with Gasteiger partial charge in [-0.3, -0.25) is 4.90 Å². The molecule has 28 heavy (non-hydrogen) atoms. The summed E-state index contributed by atoms with van der Waals surface area (Å²) in [6, 6.07) is 11.3. The number of pyridine rings is 1. The van der Waals surface area contributed by atoms with E-state index >= 15 is 0 Å². The van der Waals surface area contributed by atoms with Crippen molar-refractivity contribution in [3.8, 4) is 5.75 Å². The zero-order valence-corrected chi connectivity index (χ0v) is 16.1. The van der Waals surface area contributed by atoms with Crippen LogP contribution >= 0.6 is 11.6 Å². The number of hydrogen-bond acceptors (Lipinski definition) is 6. The van der Waals surface area contributed by atoms with Gasteiger partial charge in [0.2, 0.25) is 0 Å². The molecule has 148 valence electrons. The lowest BCUT2D eigenvalue weighted by Crippen LogP contribution is -2.38. The number of aromatic nitrogens is 1. The van der Waals surface area contributed by atoms with Crippen molar-refractivity contribution >= 4 is 29.2 Å². The Bertz CT molecular complexity index is 824. The van der Waals surface area contributed by atoms with Crippen LogP contribution in [0.2, 0.25) is 5.02 Å². The summed E-state index contributed by atoms with van der Waals surface area (Å²) in [6.07, 6.45) is 2.62. The first-order chi connectivity index (χ1) is 13.6. The van der Waals surface area contributed by atoms with Gasteiger partial charge in [-0.15, -0.1) is 0 Å². The predicted molar refractivity (Wildman–Crippen MR) is 106 cm³/mol. The normalized spacial score (nSPS) is 20.4. The maximum atomic E-state index is 11.9. The van der Waals surface area contributed by atoms with Crippen molar-refractivity contribution in [3.63, 3.8) is 0 Å². The quantitative estimate of drug-likeness (QED) is 0.826. The van der Waals surface area contributed by atoms with Gasteiger partial charge in [-0.1, -0.05) is 23.7 Å². The molecule has 0 radical (unpaired) electrons. The summed E-state index contributed by atoms with van der Waals surface area (Å²) in [7, 11) is 0. The van der Waals surface area contributed by atoms with Gasteiger partial charge in [0.15, 0.2) is 0 Å². The lowest BCUT2D eigenvalue weighted by molar-refractivity contribution is 0.0963. The largest absolute Gasteiger partial charge is 0.489 e. The monoisotopic (exact) mass is 403 g/mol. The van der Waals surface area contributed by atoms with Crippen LogP contribution in [0.3, 0.4) is 0 Å². The van der Waals surface area contributed by atoms with Gasteiger partial charge < -0.3 is 19.5 Å². The molecule has 2 aliphatic rings. The molecule has 1 aromatic heterocycles. The summed E-state index contributed by atoms with van der Waals surface area (Å²) in [5.74, 6) is 1.59. The van der Waals surface area contributed by atoms with Gasteiger partial charge >= 0.3 is 6.09 Å². The minimum Gasteiger partial charge on any atom is -0.489 e. The number of nitrogens with zero attached hydrogens (tertiary/aromatic N) is 3. The highest BCUT2D eigenvalue weighted by Crippen LogP contribution is 2.28. The van der Waals surface area contributed by atoms with E-state index in [4.69, 9.17) is 26.2 Å². The van der Waals surface area contributed by atoms with Gasteiger partial charge in [-0.05, 0) is 24.3 Å². The number of carbonyl (C=O) groups excluding carboxylic acids is 1. The summed E-state index contributed by atoms with van der Waals surface area (Å²) in [4.78, 5) is 20.1. The Morgan fingerprint density at radius 3 is 2.64 bits per heavy atom. The number of anilines is 2. The molecule has 3 heterocycles. The number of aliphatic hydroxyl groups is 1. The first-order valence-electron chi connectivity index (χ1n) is 9.35. The minimum atomic E-state index is -0.482. The number of amides is 1. The molecule has 2 fully saturated rings. The van der Waals surface area contributed by atoms with Crippen molar-refractivity contribution in [2.24, 2.45) is 0 Å². The molecule has 0 aliphatic carbocycles. The summed E-state index contributed by atoms with van der Waals surface area (Å²) >= 11 is 6.17. The zero-order chi connectivity index (χ0) is 19.5. The standard InChI is InChI=1S/C20H22ClN3O4/c21-17-3-1-2-4-18(17)27-15-7-9-23(10-8-15)19-6-5-14(11-22-19)24-12-16(13-25)28-20(24)26/h1-6,11,15-16,25H,7-10,12-13H2/t16-/m0/s1. The van der Waals surface area contributed by atoms with Gasteiger partial charge in [-0.25, -0.2) is 9.78 Å². The number of halogens is 1. The third-order valence-electron chi connectivity index (χ3n) is 5.02. The van der Waals surface area contributed by atoms with Crippen molar-refractivity contribution < 1.29 is 19.4 Å². The Balaban J connectivity index is 1.34. The molecule has 0 unspecified atom stereocenters. The van der Waals surface area contributed by atoms with Crippen LogP contribution in [0.15, 0.2) is 42.6 Å². The second-order valence-corrected chi connectivity index (χ2v) is 7.32. The van der Waals surface area contributed by atoms with E-state index in [0.717, 1.165) is 37.5 Å². The molecule has 0 saturated carbocycles. The van der Waals surface area contributed by atoms with E-state index in [1.165, 1.54) is 4.90 Å². The highest BCUT2D eigenvalue weighted by atomic mass is 35.5. The third kappa shape index (κ3) is 4.00. The number of para-hydroxylation sites is 1. The van der Waals surface area contributed by atoms with Gasteiger partial charge in [0.1, 0.15) is 23.8 Å². The molecule has 4 rings (SSSR count). The molecule has 8 heteroatoms. The minimum absolute atomic E-state index is 0.130. The van der Waals surface area contributed by atoms with E-state index in [2.05, 4.69) is 9.88 Å². The molecular formula is C20H22ClN3O4. The fraction of sp³-hybridized carbons (Fsp3) is 0.400. The number of rotatable bonds is 5. The first-order valence-corrected chi connectivity index (χ1v) is 9.73. The summed E-state index contributed by atoms with van der Waals surface area (Å²) < 4.78 is 11.1. The van der Waals surface area contributed by atoms with Crippen LogP contribution in [0, 0.1) is 0 Å². The number of aliphatic hydroxyl groups excluding tert-OH is 1. The van der Waals surface area contributed by atoms with E-state index in [-0.39, 0.29) is 12.7 Å². The lowest BCUT2D eigenvalue weighted by Gasteiger charge is -2.33. The average molecular weight is 404 g/mol. The smallest absolute Gasteiger partial charge is 0.414 e. The maximum Gasteiger partial charge on any atom is 0.414 e. The highest BCUT2D eigenvalue weighted by Gasteiger charge is 2.32. The SMILES string of the molecule is O=C1O[C@H](CO)CN1c1ccc(N2CCC(Oc3ccccc3Cl)CC2)nc1. The second kappa shape index (κ2) is 8.24. The van der Waals surface area contributed by atoms with Crippen molar-refractivity contribution in [2.75, 3.05) is 36.0 Å². The average Bonchev–Trinajstić information content (AvgIpc) is 3.11. The maximum absolute atomic E-state index is 11.9. The molecule has 2 aromatic rings. The molecular weight excluding hydrogens is 382 g/mol. The van der Waals surface area contributed by atoms with Crippen molar-refractivity contribution in [3.05, 3.63) is 47.6 Å². The Kier molecular flexibility index (Phi) is 5.54. The van der Waals surface area contributed by atoms with Gasteiger partial charge in [0, 0.05) is 25.9 Å². The zero-order valence-electron chi connectivity index (χ0n) is 15.3. The van der Waals surface area contributed by atoms with Crippen LogP contribution < -0.4 is 14.5 Å². The van der Waals surface area contributed by atoms with E-state index in [1.54, 1.807) is 6.20 Å². The lowest BCUT2D eigenvalue weighted by atomic mass is 10.1. The number of cyclic esters (lactones) is 1.